The molecule has 0 aromatic heterocycles. The lowest BCUT2D eigenvalue weighted by molar-refractivity contribution is -0.111. The second kappa shape index (κ2) is 6.28. The van der Waals surface area contributed by atoms with Crippen LogP contribution in [0.15, 0.2) is 47.0 Å². The molecule has 3 heteroatoms. The molecule has 0 fully saturated rings. The quantitative estimate of drug-likeness (QED) is 0.661. The van der Waals surface area contributed by atoms with Crippen LogP contribution in [0.4, 0.5) is 5.69 Å². The zero-order chi connectivity index (χ0) is 12.0. The van der Waals surface area contributed by atoms with Crippen LogP contribution in [0, 0.1) is 6.92 Å². The van der Waals surface area contributed by atoms with Crippen LogP contribution in [-0.2, 0) is 4.79 Å². The molecule has 2 nitrogen and oxygen atoms in total. The number of anilines is 1. The summed E-state index contributed by atoms with van der Waals surface area (Å²) in [5.41, 5.74) is 1.86. The maximum absolute atomic E-state index is 11.5. The topological polar surface area (TPSA) is 29.1 Å². The van der Waals surface area contributed by atoms with E-state index in [1.807, 2.05) is 44.2 Å². The van der Waals surface area contributed by atoms with Gasteiger partial charge in [-0.25, -0.2) is 0 Å². The number of carbonyl (C=O) groups is 1. The fourth-order valence-electron chi connectivity index (χ4n) is 1.20. The molecule has 0 aliphatic heterocycles. The molecule has 0 radical (unpaired) electrons. The lowest BCUT2D eigenvalue weighted by atomic mass is 10.2. The minimum atomic E-state index is -0.122. The van der Waals surface area contributed by atoms with Gasteiger partial charge in [-0.2, -0.15) is 0 Å². The first-order valence-electron chi connectivity index (χ1n) is 5.00. The van der Waals surface area contributed by atoms with E-state index in [-0.39, 0.29) is 5.91 Å². The molecule has 0 saturated carbocycles. The number of rotatable bonds is 3. The van der Waals surface area contributed by atoms with Crippen LogP contribution < -0.4 is 5.32 Å². The Bertz CT molecular complexity index is 436. The molecule has 16 heavy (non-hydrogen) atoms. The maximum Gasteiger partial charge on any atom is 0.248 e. The Labute approximate surface area is 104 Å². The Hall–Kier alpha value is -1.35. The molecule has 0 aliphatic rings. The predicted molar refractivity (Wildman–Crippen MR) is 71.5 cm³/mol. The molecular weight excluding hydrogens is 266 g/mol. The highest BCUT2D eigenvalue weighted by molar-refractivity contribution is 9.10. The molecule has 0 aliphatic carbocycles. The first-order valence-corrected chi connectivity index (χ1v) is 5.79. The molecule has 1 amide bonds. The van der Waals surface area contributed by atoms with Gasteiger partial charge in [-0.05, 0) is 37.6 Å². The Kier molecular flexibility index (Phi) is 4.99. The molecule has 0 bridgehead atoms. The van der Waals surface area contributed by atoms with Crippen LogP contribution in [0.2, 0.25) is 0 Å². The molecule has 1 rings (SSSR count). The number of halogens is 1. The normalized spacial score (nSPS) is 11.2. The summed E-state index contributed by atoms with van der Waals surface area (Å²) in [7, 11) is 0. The first-order chi connectivity index (χ1) is 7.63. The van der Waals surface area contributed by atoms with E-state index >= 15 is 0 Å². The van der Waals surface area contributed by atoms with E-state index in [0.29, 0.717) is 0 Å². The minimum absolute atomic E-state index is 0.122. The SMILES string of the molecule is C/C=C/C=C/C(=O)Nc1ccc(Br)cc1C. The number of benzene rings is 1. The van der Waals surface area contributed by atoms with Crippen molar-refractivity contribution in [2.45, 2.75) is 13.8 Å². The monoisotopic (exact) mass is 279 g/mol. The average molecular weight is 280 g/mol. The van der Waals surface area contributed by atoms with Gasteiger partial charge in [-0.3, -0.25) is 4.79 Å². The van der Waals surface area contributed by atoms with Crippen LogP contribution in [0.5, 0.6) is 0 Å². The number of carbonyl (C=O) groups excluding carboxylic acids is 1. The molecule has 0 heterocycles. The molecule has 0 saturated heterocycles. The van der Waals surface area contributed by atoms with Crippen molar-refractivity contribution in [2.75, 3.05) is 5.32 Å². The van der Waals surface area contributed by atoms with E-state index in [9.17, 15) is 4.79 Å². The van der Waals surface area contributed by atoms with Crippen molar-refractivity contribution in [3.05, 3.63) is 52.5 Å². The average Bonchev–Trinajstić information content (AvgIpc) is 2.23. The van der Waals surface area contributed by atoms with Crippen LogP contribution in [-0.4, -0.2) is 5.91 Å². The van der Waals surface area contributed by atoms with Crippen molar-refractivity contribution < 1.29 is 4.79 Å². The third-order valence-electron chi connectivity index (χ3n) is 2.00. The van der Waals surface area contributed by atoms with Crippen molar-refractivity contribution in [1.82, 2.24) is 0 Å². The summed E-state index contributed by atoms with van der Waals surface area (Å²) in [5, 5.41) is 2.82. The minimum Gasteiger partial charge on any atom is -0.322 e. The summed E-state index contributed by atoms with van der Waals surface area (Å²) in [4.78, 5) is 11.5. The van der Waals surface area contributed by atoms with Crippen molar-refractivity contribution in [1.29, 1.82) is 0 Å². The van der Waals surface area contributed by atoms with Gasteiger partial charge in [-0.15, -0.1) is 0 Å². The third kappa shape index (κ3) is 4.03. The lowest BCUT2D eigenvalue weighted by Gasteiger charge is -2.06. The largest absolute Gasteiger partial charge is 0.322 e. The van der Waals surface area contributed by atoms with E-state index in [2.05, 4.69) is 21.2 Å². The van der Waals surface area contributed by atoms with Crippen LogP contribution >= 0.6 is 15.9 Å². The highest BCUT2D eigenvalue weighted by Crippen LogP contribution is 2.19. The summed E-state index contributed by atoms with van der Waals surface area (Å²) in [6.45, 7) is 3.86. The zero-order valence-electron chi connectivity index (χ0n) is 9.33. The summed E-state index contributed by atoms with van der Waals surface area (Å²) in [6.07, 6.45) is 6.90. The summed E-state index contributed by atoms with van der Waals surface area (Å²) in [5.74, 6) is -0.122. The Morgan fingerprint density at radius 2 is 2.12 bits per heavy atom. The summed E-state index contributed by atoms with van der Waals surface area (Å²) >= 11 is 3.38. The van der Waals surface area contributed by atoms with E-state index in [4.69, 9.17) is 0 Å². The van der Waals surface area contributed by atoms with Crippen LogP contribution in [0.3, 0.4) is 0 Å². The maximum atomic E-state index is 11.5. The van der Waals surface area contributed by atoms with Crippen LogP contribution in [0.1, 0.15) is 12.5 Å². The van der Waals surface area contributed by atoms with Crippen molar-refractivity contribution >= 4 is 27.5 Å². The van der Waals surface area contributed by atoms with Crippen molar-refractivity contribution in [3.8, 4) is 0 Å². The molecule has 0 atom stereocenters. The second-order valence-corrected chi connectivity index (χ2v) is 4.25. The number of allylic oxidation sites excluding steroid dienone is 3. The second-order valence-electron chi connectivity index (χ2n) is 3.33. The number of amides is 1. The number of hydrogen-bond donors (Lipinski definition) is 1. The third-order valence-corrected chi connectivity index (χ3v) is 2.49. The number of nitrogens with one attached hydrogen (secondary N) is 1. The fraction of sp³-hybridized carbons (Fsp3) is 0.154. The summed E-state index contributed by atoms with van der Waals surface area (Å²) in [6, 6.07) is 5.74. The highest BCUT2D eigenvalue weighted by atomic mass is 79.9. The molecule has 1 N–H and O–H groups in total. The molecule has 84 valence electrons. The van der Waals surface area contributed by atoms with Gasteiger partial charge >= 0.3 is 0 Å². The smallest absolute Gasteiger partial charge is 0.248 e. The molecular formula is C13H14BrNO. The van der Waals surface area contributed by atoms with E-state index in [1.165, 1.54) is 6.08 Å². The van der Waals surface area contributed by atoms with Crippen molar-refractivity contribution in [3.63, 3.8) is 0 Å². The lowest BCUT2D eigenvalue weighted by Crippen LogP contribution is -2.08. The Balaban J connectivity index is 2.70. The molecule has 1 aromatic carbocycles. The van der Waals surface area contributed by atoms with Gasteiger partial charge in [-0.1, -0.05) is 34.2 Å². The van der Waals surface area contributed by atoms with Crippen molar-refractivity contribution in [2.24, 2.45) is 0 Å². The van der Waals surface area contributed by atoms with Gasteiger partial charge < -0.3 is 5.32 Å². The van der Waals surface area contributed by atoms with Gasteiger partial charge in [0.2, 0.25) is 5.91 Å². The summed E-state index contributed by atoms with van der Waals surface area (Å²) < 4.78 is 1.01. The van der Waals surface area contributed by atoms with Crippen LogP contribution in [0.25, 0.3) is 0 Å². The van der Waals surface area contributed by atoms with Gasteiger partial charge in [0.25, 0.3) is 0 Å². The van der Waals surface area contributed by atoms with Gasteiger partial charge in [0.05, 0.1) is 0 Å². The Morgan fingerprint density at radius 3 is 2.75 bits per heavy atom. The van der Waals surface area contributed by atoms with Gasteiger partial charge in [0, 0.05) is 16.2 Å². The van der Waals surface area contributed by atoms with E-state index in [1.54, 1.807) is 6.08 Å². The zero-order valence-corrected chi connectivity index (χ0v) is 10.9. The highest BCUT2D eigenvalue weighted by Gasteiger charge is 2.01. The van der Waals surface area contributed by atoms with E-state index < -0.39 is 0 Å². The standard InChI is InChI=1S/C13H14BrNO/c1-3-4-5-6-13(16)15-12-8-7-11(14)9-10(12)2/h3-9H,1-2H3,(H,15,16)/b4-3+,6-5+. The molecule has 1 aromatic rings. The Morgan fingerprint density at radius 1 is 1.38 bits per heavy atom. The van der Waals surface area contributed by atoms with E-state index in [0.717, 1.165) is 15.7 Å². The van der Waals surface area contributed by atoms with Gasteiger partial charge in [0.15, 0.2) is 0 Å². The van der Waals surface area contributed by atoms with Gasteiger partial charge in [0.1, 0.15) is 0 Å². The molecule has 0 spiro atoms. The fourth-order valence-corrected chi connectivity index (χ4v) is 1.67. The first kappa shape index (κ1) is 12.7. The predicted octanol–water partition coefficient (Wildman–Crippen LogP) is 3.83. The molecule has 0 unspecified atom stereocenters. The number of aryl methyl sites for hydroxylation is 1. The number of hydrogen-bond acceptors (Lipinski definition) is 1.